The number of rotatable bonds is 9. The van der Waals surface area contributed by atoms with Crippen LogP contribution in [0.5, 0.6) is 11.6 Å². The molecule has 0 spiro atoms. The number of amides is 1. The molecule has 4 aromatic rings. The van der Waals surface area contributed by atoms with E-state index in [9.17, 15) is 18.0 Å². The Morgan fingerprint density at radius 1 is 1.03 bits per heavy atom. The van der Waals surface area contributed by atoms with Crippen LogP contribution in [0.3, 0.4) is 0 Å². The number of nitrogens with zero attached hydrogens (tertiary/aromatic N) is 3. The van der Waals surface area contributed by atoms with E-state index in [1.165, 1.54) is 18.5 Å². The molecule has 0 fully saturated rings. The molecule has 1 N–H and O–H groups in total. The van der Waals surface area contributed by atoms with Gasteiger partial charge in [-0.1, -0.05) is 12.1 Å². The van der Waals surface area contributed by atoms with Crippen LogP contribution in [0.25, 0.3) is 11.0 Å². The number of alkyl halides is 3. The summed E-state index contributed by atoms with van der Waals surface area (Å²) in [6, 6.07) is 13.2. The van der Waals surface area contributed by atoms with E-state index in [1.54, 1.807) is 31.4 Å². The highest BCUT2D eigenvalue weighted by molar-refractivity contribution is 5.92. The lowest BCUT2D eigenvalue weighted by atomic mass is 10.1. The quantitative estimate of drug-likeness (QED) is 0.319. The topological polar surface area (TPSA) is 78.3 Å². The highest BCUT2D eigenvalue weighted by Crippen LogP contribution is 2.30. The fourth-order valence-corrected chi connectivity index (χ4v) is 3.54. The second kappa shape index (κ2) is 10.6. The Kier molecular flexibility index (Phi) is 7.31. The second-order valence-electron chi connectivity index (χ2n) is 7.82. The molecule has 0 saturated heterocycles. The summed E-state index contributed by atoms with van der Waals surface area (Å²) in [7, 11) is 1.66. The fourth-order valence-electron chi connectivity index (χ4n) is 3.54. The molecule has 35 heavy (non-hydrogen) atoms. The molecule has 0 radical (unpaired) electrons. The summed E-state index contributed by atoms with van der Waals surface area (Å²) >= 11 is 0. The van der Waals surface area contributed by atoms with Gasteiger partial charge in [0.05, 0.1) is 17.4 Å². The van der Waals surface area contributed by atoms with Crippen molar-refractivity contribution in [2.45, 2.75) is 25.6 Å². The van der Waals surface area contributed by atoms with E-state index in [1.807, 2.05) is 16.8 Å². The molecular formula is C25H23F3N4O3. The van der Waals surface area contributed by atoms with Crippen molar-refractivity contribution < 1.29 is 27.4 Å². The van der Waals surface area contributed by atoms with Crippen molar-refractivity contribution in [2.24, 2.45) is 0 Å². The number of ether oxygens (including phenoxy) is 2. The van der Waals surface area contributed by atoms with E-state index in [0.717, 1.165) is 36.1 Å². The number of fused-ring (bicyclic) bond motifs is 1. The van der Waals surface area contributed by atoms with E-state index >= 15 is 0 Å². The first-order valence-corrected chi connectivity index (χ1v) is 10.9. The van der Waals surface area contributed by atoms with Gasteiger partial charge >= 0.3 is 6.18 Å². The number of carbonyl (C=O) groups excluding carboxylic acids is 1. The smallest absolute Gasteiger partial charge is 0.416 e. The SMILES string of the molecule is COCCCn1ccc2c(Oc3ccc(NC(=O)Cc4ccc(C(F)(F)F)cc4)cc3)ncnc21. The Morgan fingerprint density at radius 2 is 1.77 bits per heavy atom. The average molecular weight is 484 g/mol. The number of anilines is 1. The van der Waals surface area contributed by atoms with Gasteiger partial charge in [0.15, 0.2) is 0 Å². The number of hydrogen-bond donors (Lipinski definition) is 1. The van der Waals surface area contributed by atoms with Crippen LogP contribution in [0.15, 0.2) is 67.1 Å². The first-order chi connectivity index (χ1) is 16.8. The Hall–Kier alpha value is -3.92. The number of benzene rings is 2. The van der Waals surface area contributed by atoms with Crippen molar-refractivity contribution in [2.75, 3.05) is 19.0 Å². The van der Waals surface area contributed by atoms with Crippen LogP contribution in [-0.4, -0.2) is 34.2 Å². The maximum atomic E-state index is 12.7. The molecule has 2 aromatic carbocycles. The van der Waals surface area contributed by atoms with Crippen LogP contribution in [0.4, 0.5) is 18.9 Å². The molecule has 7 nitrogen and oxygen atoms in total. The lowest BCUT2D eigenvalue weighted by Crippen LogP contribution is -2.14. The minimum Gasteiger partial charge on any atom is -0.438 e. The Bertz CT molecular complexity index is 1290. The third kappa shape index (κ3) is 6.15. The van der Waals surface area contributed by atoms with Crippen LogP contribution in [0.1, 0.15) is 17.5 Å². The van der Waals surface area contributed by atoms with Gasteiger partial charge < -0.3 is 19.4 Å². The zero-order chi connectivity index (χ0) is 24.8. The van der Waals surface area contributed by atoms with E-state index in [4.69, 9.17) is 9.47 Å². The van der Waals surface area contributed by atoms with E-state index < -0.39 is 11.7 Å². The number of aromatic nitrogens is 3. The molecule has 0 aliphatic heterocycles. The predicted octanol–water partition coefficient (Wildman–Crippen LogP) is 5.46. The molecule has 0 aliphatic carbocycles. The first kappa shape index (κ1) is 24.2. The van der Waals surface area contributed by atoms with Gasteiger partial charge in [0, 0.05) is 32.1 Å². The molecule has 0 aliphatic rings. The molecule has 10 heteroatoms. The summed E-state index contributed by atoms with van der Waals surface area (Å²) in [6.45, 7) is 1.41. The summed E-state index contributed by atoms with van der Waals surface area (Å²) in [5.41, 5.74) is 1.03. The highest BCUT2D eigenvalue weighted by Gasteiger charge is 2.30. The normalized spacial score (nSPS) is 11.5. The summed E-state index contributed by atoms with van der Waals surface area (Å²) < 4.78 is 51.1. The van der Waals surface area contributed by atoms with Crippen LogP contribution in [0.2, 0.25) is 0 Å². The predicted molar refractivity (Wildman–Crippen MR) is 124 cm³/mol. The van der Waals surface area contributed by atoms with Gasteiger partial charge in [0.2, 0.25) is 11.8 Å². The standard InChI is InChI=1S/C25H23F3N4O3/c1-34-14-2-12-32-13-11-21-23(32)29-16-30-24(21)35-20-9-7-19(8-10-20)31-22(33)15-17-3-5-18(6-4-17)25(26,27)28/h3-11,13,16H,2,12,14-15H2,1H3,(H,31,33). The third-order valence-corrected chi connectivity index (χ3v) is 5.27. The third-order valence-electron chi connectivity index (χ3n) is 5.27. The van der Waals surface area contributed by atoms with Crippen molar-refractivity contribution in [1.29, 1.82) is 0 Å². The molecule has 0 unspecified atom stereocenters. The molecule has 2 heterocycles. The lowest BCUT2D eigenvalue weighted by Gasteiger charge is -2.10. The molecule has 0 saturated carbocycles. The van der Waals surface area contributed by atoms with Gasteiger partial charge in [-0.3, -0.25) is 4.79 Å². The van der Waals surface area contributed by atoms with Gasteiger partial charge in [-0.15, -0.1) is 0 Å². The van der Waals surface area contributed by atoms with Crippen LogP contribution in [-0.2, 0) is 28.7 Å². The zero-order valence-electron chi connectivity index (χ0n) is 18.9. The van der Waals surface area contributed by atoms with Crippen LogP contribution >= 0.6 is 0 Å². The van der Waals surface area contributed by atoms with Crippen LogP contribution in [0, 0.1) is 0 Å². The molecular weight excluding hydrogens is 461 g/mol. The van der Waals surface area contributed by atoms with Gasteiger partial charge in [0.25, 0.3) is 0 Å². The Labute approximate surface area is 199 Å². The molecule has 182 valence electrons. The Morgan fingerprint density at radius 3 is 2.46 bits per heavy atom. The summed E-state index contributed by atoms with van der Waals surface area (Å²) in [5, 5.41) is 3.50. The average Bonchev–Trinajstić information content (AvgIpc) is 3.24. The maximum Gasteiger partial charge on any atom is 0.416 e. The van der Waals surface area contributed by atoms with Gasteiger partial charge in [-0.2, -0.15) is 13.2 Å². The van der Waals surface area contributed by atoms with Gasteiger partial charge in [-0.25, -0.2) is 9.97 Å². The van der Waals surface area contributed by atoms with Crippen molar-refractivity contribution in [1.82, 2.24) is 14.5 Å². The fraction of sp³-hybridized carbons (Fsp3) is 0.240. The second-order valence-corrected chi connectivity index (χ2v) is 7.82. The molecule has 0 atom stereocenters. The monoisotopic (exact) mass is 484 g/mol. The summed E-state index contributed by atoms with van der Waals surface area (Å²) in [4.78, 5) is 20.9. The molecule has 0 bridgehead atoms. The minimum atomic E-state index is -4.41. The molecule has 1 amide bonds. The number of methoxy groups -OCH3 is 1. The summed E-state index contributed by atoms with van der Waals surface area (Å²) in [6.07, 6.45) is -0.225. The zero-order valence-corrected chi connectivity index (χ0v) is 18.9. The molecule has 2 aromatic heterocycles. The largest absolute Gasteiger partial charge is 0.438 e. The van der Waals surface area contributed by atoms with Crippen molar-refractivity contribution >= 4 is 22.6 Å². The summed E-state index contributed by atoms with van der Waals surface area (Å²) in [5.74, 6) is 0.600. The number of nitrogens with one attached hydrogen (secondary N) is 1. The Balaban J connectivity index is 1.37. The van der Waals surface area contributed by atoms with E-state index in [-0.39, 0.29) is 12.3 Å². The highest BCUT2D eigenvalue weighted by atomic mass is 19.4. The maximum absolute atomic E-state index is 12.7. The van der Waals surface area contributed by atoms with Crippen molar-refractivity contribution in [3.05, 3.63) is 78.2 Å². The number of aryl methyl sites for hydroxylation is 1. The number of hydrogen-bond acceptors (Lipinski definition) is 5. The minimum absolute atomic E-state index is 0.0450. The van der Waals surface area contributed by atoms with Crippen molar-refractivity contribution in [3.63, 3.8) is 0 Å². The number of halogens is 3. The lowest BCUT2D eigenvalue weighted by molar-refractivity contribution is -0.137. The van der Waals surface area contributed by atoms with E-state index in [2.05, 4.69) is 15.3 Å². The van der Waals surface area contributed by atoms with Crippen LogP contribution < -0.4 is 10.1 Å². The van der Waals surface area contributed by atoms with Gasteiger partial charge in [0.1, 0.15) is 17.7 Å². The molecule has 4 rings (SSSR count). The number of carbonyl (C=O) groups is 1. The van der Waals surface area contributed by atoms with E-state index in [0.29, 0.717) is 29.5 Å². The van der Waals surface area contributed by atoms with Gasteiger partial charge in [-0.05, 0) is 54.4 Å². The first-order valence-electron chi connectivity index (χ1n) is 10.9. The van der Waals surface area contributed by atoms with Crippen molar-refractivity contribution in [3.8, 4) is 11.6 Å².